The number of hydrogen-bond donors (Lipinski definition) is 0. The molecular formula is C6H4O4. The fourth-order valence-electron chi connectivity index (χ4n) is 0.421. The zero-order valence-corrected chi connectivity index (χ0v) is 5.05. The summed E-state index contributed by atoms with van der Waals surface area (Å²) in [5.74, 6) is 0. The van der Waals surface area contributed by atoms with Gasteiger partial charge in [-0.15, -0.1) is 0 Å². The first kappa shape index (κ1) is 6.54. The maximum absolute atomic E-state index is 10.5. The van der Waals surface area contributed by atoms with Crippen LogP contribution in [0.4, 0.5) is 0 Å². The van der Waals surface area contributed by atoms with Crippen molar-refractivity contribution in [2.24, 2.45) is 0 Å². The zero-order chi connectivity index (χ0) is 7.72. The van der Waals surface area contributed by atoms with Crippen LogP contribution in [0.3, 0.4) is 0 Å². The Morgan fingerprint density at radius 2 is 1.20 bits per heavy atom. The van der Waals surface area contributed by atoms with Crippen LogP contribution in [0.5, 0.6) is 0 Å². The minimum absolute atomic E-state index is 0.308. The standard InChI is InChI=1S/C6H4O4/c1-3-5(7)10-4(2)6(8)9-3/h1-2H2. The van der Waals surface area contributed by atoms with Gasteiger partial charge in [0, 0.05) is 0 Å². The number of hydrogen-bond acceptors (Lipinski definition) is 4. The highest BCUT2D eigenvalue weighted by Gasteiger charge is 1.93. The van der Waals surface area contributed by atoms with Crippen molar-refractivity contribution >= 4 is 13.2 Å². The van der Waals surface area contributed by atoms with Gasteiger partial charge in [0.1, 0.15) is 0 Å². The normalized spacial score (nSPS) is 9.60. The summed E-state index contributed by atoms with van der Waals surface area (Å²) in [5, 5.41) is 0. The quantitative estimate of drug-likeness (QED) is 0.436. The van der Waals surface area contributed by atoms with Gasteiger partial charge in [-0.1, -0.05) is 0 Å². The Labute approximate surface area is 54.7 Å². The van der Waals surface area contributed by atoms with Crippen LogP contribution in [0.25, 0.3) is 13.2 Å². The summed E-state index contributed by atoms with van der Waals surface area (Å²) in [6.45, 7) is 6.24. The van der Waals surface area contributed by atoms with Gasteiger partial charge in [0.2, 0.25) is 10.8 Å². The fourth-order valence-corrected chi connectivity index (χ4v) is 0.421. The van der Waals surface area contributed by atoms with E-state index in [9.17, 15) is 9.59 Å². The average molecular weight is 140 g/mol. The Kier molecular flexibility index (Phi) is 1.30. The van der Waals surface area contributed by atoms with E-state index in [0.717, 1.165) is 0 Å². The van der Waals surface area contributed by atoms with E-state index < -0.39 is 11.3 Å². The van der Waals surface area contributed by atoms with E-state index in [-0.39, 0.29) is 10.8 Å². The molecule has 0 saturated carbocycles. The lowest BCUT2D eigenvalue weighted by Gasteiger charge is -1.79. The van der Waals surface area contributed by atoms with Crippen LogP contribution in [0.2, 0.25) is 0 Å². The van der Waals surface area contributed by atoms with Gasteiger partial charge in [0.25, 0.3) is 0 Å². The van der Waals surface area contributed by atoms with Gasteiger partial charge in [-0.25, -0.2) is 9.59 Å². The first-order chi connectivity index (χ1) is 4.61. The van der Waals surface area contributed by atoms with Crippen molar-refractivity contribution in [3.8, 4) is 0 Å². The third-order valence-corrected chi connectivity index (χ3v) is 0.887. The van der Waals surface area contributed by atoms with Gasteiger partial charge in [0.15, 0.2) is 0 Å². The molecule has 0 aliphatic rings. The van der Waals surface area contributed by atoms with Crippen molar-refractivity contribution in [2.75, 3.05) is 0 Å². The van der Waals surface area contributed by atoms with Crippen LogP contribution in [-0.4, -0.2) is 0 Å². The van der Waals surface area contributed by atoms with Crippen molar-refractivity contribution in [1.82, 2.24) is 0 Å². The molecule has 0 unspecified atom stereocenters. The molecule has 0 aromatic carbocycles. The van der Waals surface area contributed by atoms with E-state index in [1.54, 1.807) is 0 Å². The van der Waals surface area contributed by atoms with Gasteiger partial charge in [0.05, 0.1) is 0 Å². The van der Waals surface area contributed by atoms with Crippen LogP contribution in [0.15, 0.2) is 18.4 Å². The van der Waals surface area contributed by atoms with Gasteiger partial charge >= 0.3 is 11.3 Å². The lowest BCUT2D eigenvalue weighted by molar-refractivity contribution is 0.348. The fraction of sp³-hybridized carbons (Fsp3) is 0. The SMILES string of the molecule is C=c1oc(=O)c(=C)oc1=O. The van der Waals surface area contributed by atoms with Crippen molar-refractivity contribution in [3.05, 3.63) is 31.7 Å². The molecule has 1 aromatic heterocycles. The van der Waals surface area contributed by atoms with E-state index in [1.807, 2.05) is 0 Å². The molecule has 0 N–H and O–H groups in total. The third-order valence-electron chi connectivity index (χ3n) is 0.887. The minimum atomic E-state index is -0.774. The van der Waals surface area contributed by atoms with Crippen molar-refractivity contribution in [1.29, 1.82) is 0 Å². The Balaban J connectivity index is 3.94. The predicted octanol–water partition coefficient (Wildman–Crippen LogP) is -1.59. The maximum Gasteiger partial charge on any atom is 0.379 e. The lowest BCUT2D eigenvalue weighted by Crippen LogP contribution is -2.36. The zero-order valence-electron chi connectivity index (χ0n) is 5.05. The van der Waals surface area contributed by atoms with Gasteiger partial charge in [-0.3, -0.25) is 0 Å². The largest absolute Gasteiger partial charge is 0.414 e. The second-order valence-electron chi connectivity index (χ2n) is 1.63. The summed E-state index contributed by atoms with van der Waals surface area (Å²) < 4.78 is 8.61. The van der Waals surface area contributed by atoms with Crippen LogP contribution in [0, 0.1) is 0 Å². The highest BCUT2D eigenvalue weighted by atomic mass is 16.5. The van der Waals surface area contributed by atoms with Gasteiger partial charge in [-0.05, 0) is 13.2 Å². The topological polar surface area (TPSA) is 60.4 Å². The minimum Gasteiger partial charge on any atom is -0.414 e. The molecule has 10 heavy (non-hydrogen) atoms. The summed E-state index contributed by atoms with van der Waals surface area (Å²) in [5.41, 5.74) is -2.16. The van der Waals surface area contributed by atoms with E-state index in [0.29, 0.717) is 0 Å². The van der Waals surface area contributed by atoms with E-state index in [1.165, 1.54) is 0 Å². The summed E-state index contributed by atoms with van der Waals surface area (Å²) in [4.78, 5) is 21.0. The Morgan fingerprint density at radius 3 is 1.50 bits per heavy atom. The maximum atomic E-state index is 10.5. The Morgan fingerprint density at radius 1 is 0.900 bits per heavy atom. The molecule has 0 spiro atoms. The molecule has 1 aromatic rings. The highest BCUT2D eigenvalue weighted by Crippen LogP contribution is 1.45. The average Bonchev–Trinajstić information content (AvgIpc) is 1.84. The summed E-state index contributed by atoms with van der Waals surface area (Å²) in [6, 6.07) is 0. The molecule has 0 aliphatic carbocycles. The smallest absolute Gasteiger partial charge is 0.379 e. The number of rotatable bonds is 0. The molecule has 0 bridgehead atoms. The molecule has 0 aliphatic heterocycles. The molecule has 0 saturated heterocycles. The van der Waals surface area contributed by atoms with Crippen LogP contribution >= 0.6 is 0 Å². The molecule has 52 valence electrons. The summed E-state index contributed by atoms with van der Waals surface area (Å²) in [7, 11) is 0. The molecule has 0 fully saturated rings. The van der Waals surface area contributed by atoms with Crippen LogP contribution in [0.1, 0.15) is 0 Å². The molecule has 4 heteroatoms. The monoisotopic (exact) mass is 140 g/mol. The first-order valence-electron chi connectivity index (χ1n) is 2.43. The van der Waals surface area contributed by atoms with Gasteiger partial charge in [-0.2, -0.15) is 0 Å². The Hall–Kier alpha value is -1.58. The predicted molar refractivity (Wildman–Crippen MR) is 33.8 cm³/mol. The highest BCUT2D eigenvalue weighted by molar-refractivity contribution is 4.91. The van der Waals surface area contributed by atoms with Gasteiger partial charge < -0.3 is 8.83 Å². The van der Waals surface area contributed by atoms with E-state index >= 15 is 0 Å². The summed E-state index contributed by atoms with van der Waals surface area (Å²) in [6.07, 6.45) is 0. The molecular weight excluding hydrogens is 136 g/mol. The lowest BCUT2D eigenvalue weighted by atomic mass is 10.7. The molecule has 0 amide bonds. The summed E-state index contributed by atoms with van der Waals surface area (Å²) >= 11 is 0. The molecule has 0 radical (unpaired) electrons. The first-order valence-corrected chi connectivity index (χ1v) is 2.43. The van der Waals surface area contributed by atoms with E-state index in [4.69, 9.17) is 0 Å². The molecule has 1 heterocycles. The van der Waals surface area contributed by atoms with Crippen molar-refractivity contribution in [2.45, 2.75) is 0 Å². The van der Waals surface area contributed by atoms with Crippen molar-refractivity contribution < 1.29 is 8.83 Å². The molecule has 1 rings (SSSR count). The Bertz CT molecular complexity index is 354. The van der Waals surface area contributed by atoms with Crippen molar-refractivity contribution in [3.63, 3.8) is 0 Å². The van der Waals surface area contributed by atoms with Crippen LogP contribution < -0.4 is 22.1 Å². The molecule has 0 atom stereocenters. The second kappa shape index (κ2) is 1.98. The third kappa shape index (κ3) is 0.907. The van der Waals surface area contributed by atoms with E-state index in [2.05, 4.69) is 22.0 Å². The second-order valence-corrected chi connectivity index (χ2v) is 1.63. The van der Waals surface area contributed by atoms with Crippen LogP contribution in [-0.2, 0) is 0 Å². The molecule has 4 nitrogen and oxygen atoms in total.